The zero-order valence-electron chi connectivity index (χ0n) is 15.0. The number of aromatic nitrogens is 2. The van der Waals surface area contributed by atoms with Crippen LogP contribution in [0.1, 0.15) is 28.5 Å². The van der Waals surface area contributed by atoms with Crippen molar-refractivity contribution in [2.45, 2.75) is 19.9 Å². The summed E-state index contributed by atoms with van der Waals surface area (Å²) in [6.07, 6.45) is -0.0309. The number of nitrogens with zero attached hydrogens (tertiary/aromatic N) is 2. The van der Waals surface area contributed by atoms with Crippen molar-refractivity contribution in [3.8, 4) is 11.3 Å². The van der Waals surface area contributed by atoms with Gasteiger partial charge in [0.2, 0.25) is 0 Å². The van der Waals surface area contributed by atoms with E-state index in [0.717, 1.165) is 11.1 Å². The van der Waals surface area contributed by atoms with Gasteiger partial charge in [-0.3, -0.25) is 9.48 Å². The molecule has 1 N–H and O–H groups in total. The molecule has 0 fully saturated rings. The van der Waals surface area contributed by atoms with E-state index < -0.39 is 11.9 Å². The summed E-state index contributed by atoms with van der Waals surface area (Å²) in [6.45, 7) is 2.50. The lowest BCUT2D eigenvalue weighted by Gasteiger charge is -2.06. The molecule has 0 bridgehead atoms. The SMILES string of the molecule is CCOC(=O)c1cc(-c2ccc(CC(=O)O)cc2)nn1Cc1ccccc1. The number of rotatable bonds is 7. The summed E-state index contributed by atoms with van der Waals surface area (Å²) in [5.41, 5.74) is 3.55. The van der Waals surface area contributed by atoms with Crippen molar-refractivity contribution >= 4 is 11.9 Å². The summed E-state index contributed by atoms with van der Waals surface area (Å²) in [6, 6.07) is 18.6. The molecule has 6 heteroatoms. The van der Waals surface area contributed by atoms with Crippen molar-refractivity contribution in [2.24, 2.45) is 0 Å². The Morgan fingerprint density at radius 2 is 1.74 bits per heavy atom. The maximum absolute atomic E-state index is 12.3. The van der Waals surface area contributed by atoms with Gasteiger partial charge >= 0.3 is 11.9 Å². The lowest BCUT2D eigenvalue weighted by molar-refractivity contribution is -0.136. The van der Waals surface area contributed by atoms with Crippen molar-refractivity contribution in [3.63, 3.8) is 0 Å². The minimum Gasteiger partial charge on any atom is -0.481 e. The maximum Gasteiger partial charge on any atom is 0.356 e. The first-order valence-electron chi connectivity index (χ1n) is 8.67. The molecule has 0 aliphatic rings. The molecule has 138 valence electrons. The molecule has 0 spiro atoms. The monoisotopic (exact) mass is 364 g/mol. The topological polar surface area (TPSA) is 81.4 Å². The van der Waals surface area contributed by atoms with Crippen molar-refractivity contribution in [1.82, 2.24) is 9.78 Å². The smallest absolute Gasteiger partial charge is 0.356 e. The van der Waals surface area contributed by atoms with Crippen molar-refractivity contribution in [2.75, 3.05) is 6.61 Å². The van der Waals surface area contributed by atoms with Gasteiger partial charge in [0.1, 0.15) is 5.69 Å². The van der Waals surface area contributed by atoms with Crippen LogP contribution in [0.2, 0.25) is 0 Å². The van der Waals surface area contributed by atoms with Crippen LogP contribution in [0.15, 0.2) is 60.7 Å². The van der Waals surface area contributed by atoms with Crippen molar-refractivity contribution in [1.29, 1.82) is 0 Å². The van der Waals surface area contributed by atoms with Gasteiger partial charge in [0.15, 0.2) is 0 Å². The first-order valence-corrected chi connectivity index (χ1v) is 8.67. The van der Waals surface area contributed by atoms with Gasteiger partial charge in [-0.25, -0.2) is 4.79 Å². The van der Waals surface area contributed by atoms with Crippen LogP contribution < -0.4 is 0 Å². The number of benzene rings is 2. The third-order valence-corrected chi connectivity index (χ3v) is 4.04. The van der Waals surface area contributed by atoms with Gasteiger partial charge in [-0.15, -0.1) is 0 Å². The van der Waals surface area contributed by atoms with Crippen LogP contribution in [-0.4, -0.2) is 33.4 Å². The summed E-state index contributed by atoms with van der Waals surface area (Å²) in [4.78, 5) is 23.1. The quantitative estimate of drug-likeness (QED) is 0.650. The Hall–Kier alpha value is -3.41. The number of carboxylic acids is 1. The standard InChI is InChI=1S/C21H20N2O4/c1-2-27-21(26)19-13-18(17-10-8-15(9-11-17)12-20(24)25)22-23(19)14-16-6-4-3-5-7-16/h3-11,13H,2,12,14H2,1H3,(H,24,25). The molecule has 0 radical (unpaired) electrons. The first-order chi connectivity index (χ1) is 13.1. The van der Waals surface area contributed by atoms with Gasteiger partial charge in [-0.05, 0) is 24.1 Å². The summed E-state index contributed by atoms with van der Waals surface area (Å²) >= 11 is 0. The predicted octanol–water partition coefficient (Wildman–Crippen LogP) is 3.40. The molecular weight excluding hydrogens is 344 g/mol. The van der Waals surface area contributed by atoms with E-state index in [1.54, 1.807) is 29.8 Å². The minimum absolute atomic E-state index is 0.0309. The average Bonchev–Trinajstić information content (AvgIpc) is 3.07. The Bertz CT molecular complexity index is 931. The highest BCUT2D eigenvalue weighted by atomic mass is 16.5. The predicted molar refractivity (Wildman–Crippen MR) is 101 cm³/mol. The second-order valence-electron chi connectivity index (χ2n) is 6.05. The number of hydrogen-bond donors (Lipinski definition) is 1. The van der Waals surface area contributed by atoms with Crippen LogP contribution in [-0.2, 0) is 22.5 Å². The molecule has 0 saturated carbocycles. The Balaban J connectivity index is 1.92. The lowest BCUT2D eigenvalue weighted by atomic mass is 10.1. The molecule has 3 aromatic rings. The number of aliphatic carboxylic acids is 1. The Morgan fingerprint density at radius 3 is 2.37 bits per heavy atom. The summed E-state index contributed by atoms with van der Waals surface area (Å²) in [7, 11) is 0. The normalized spacial score (nSPS) is 10.6. The molecule has 1 aromatic heterocycles. The second kappa shape index (κ2) is 8.31. The summed E-state index contributed by atoms with van der Waals surface area (Å²) < 4.78 is 6.79. The van der Waals surface area contributed by atoms with Gasteiger partial charge in [0.05, 0.1) is 25.3 Å². The first kappa shape index (κ1) is 18.4. The van der Waals surface area contributed by atoms with Crippen LogP contribution in [0.25, 0.3) is 11.3 Å². The molecule has 27 heavy (non-hydrogen) atoms. The number of carbonyl (C=O) groups excluding carboxylic acids is 1. The van der Waals surface area contributed by atoms with Crippen LogP contribution in [0.4, 0.5) is 0 Å². The molecule has 1 heterocycles. The number of esters is 1. The number of hydrogen-bond acceptors (Lipinski definition) is 4. The lowest BCUT2D eigenvalue weighted by Crippen LogP contribution is -2.14. The molecular formula is C21H20N2O4. The zero-order valence-corrected chi connectivity index (χ0v) is 15.0. The Morgan fingerprint density at radius 1 is 1.04 bits per heavy atom. The average molecular weight is 364 g/mol. The van der Waals surface area contributed by atoms with Gasteiger partial charge in [0, 0.05) is 5.56 Å². The maximum atomic E-state index is 12.3. The van der Waals surface area contributed by atoms with E-state index >= 15 is 0 Å². The molecule has 0 amide bonds. The number of ether oxygens (including phenoxy) is 1. The van der Waals surface area contributed by atoms with Crippen molar-refractivity contribution < 1.29 is 19.4 Å². The van der Waals surface area contributed by atoms with Gasteiger partial charge in [-0.2, -0.15) is 5.10 Å². The highest BCUT2D eigenvalue weighted by Gasteiger charge is 2.17. The van der Waals surface area contributed by atoms with E-state index in [1.165, 1.54) is 0 Å². The van der Waals surface area contributed by atoms with Gasteiger partial charge < -0.3 is 9.84 Å². The highest BCUT2D eigenvalue weighted by Crippen LogP contribution is 2.21. The van der Waals surface area contributed by atoms with E-state index in [-0.39, 0.29) is 13.0 Å². The highest BCUT2D eigenvalue weighted by molar-refractivity contribution is 5.89. The molecule has 0 saturated heterocycles. The molecule has 0 aliphatic carbocycles. The van der Waals surface area contributed by atoms with E-state index in [2.05, 4.69) is 5.10 Å². The largest absolute Gasteiger partial charge is 0.481 e. The Kier molecular flexibility index (Phi) is 5.66. The second-order valence-corrected chi connectivity index (χ2v) is 6.05. The fraction of sp³-hybridized carbons (Fsp3) is 0.190. The molecule has 6 nitrogen and oxygen atoms in total. The van der Waals surface area contributed by atoms with E-state index in [4.69, 9.17) is 9.84 Å². The van der Waals surface area contributed by atoms with Crippen LogP contribution in [0.3, 0.4) is 0 Å². The number of carbonyl (C=O) groups is 2. The van der Waals surface area contributed by atoms with Crippen LogP contribution >= 0.6 is 0 Å². The molecule has 2 aromatic carbocycles. The van der Waals surface area contributed by atoms with Gasteiger partial charge in [0.25, 0.3) is 0 Å². The number of carboxylic acid groups (broad SMARTS) is 1. The molecule has 3 rings (SSSR count). The third-order valence-electron chi connectivity index (χ3n) is 4.04. The zero-order chi connectivity index (χ0) is 19.2. The molecule has 0 atom stereocenters. The molecule has 0 unspecified atom stereocenters. The fourth-order valence-corrected chi connectivity index (χ4v) is 2.77. The summed E-state index contributed by atoms with van der Waals surface area (Å²) in [5.74, 6) is -1.30. The minimum atomic E-state index is -0.875. The Labute approximate surface area is 157 Å². The third kappa shape index (κ3) is 4.61. The fourth-order valence-electron chi connectivity index (χ4n) is 2.77. The van der Waals surface area contributed by atoms with E-state index in [9.17, 15) is 9.59 Å². The van der Waals surface area contributed by atoms with Crippen LogP contribution in [0.5, 0.6) is 0 Å². The van der Waals surface area contributed by atoms with E-state index in [0.29, 0.717) is 23.5 Å². The van der Waals surface area contributed by atoms with Crippen LogP contribution in [0, 0.1) is 0 Å². The van der Waals surface area contributed by atoms with Crippen molar-refractivity contribution in [3.05, 3.63) is 77.5 Å². The summed E-state index contributed by atoms with van der Waals surface area (Å²) in [5, 5.41) is 13.4. The molecule has 0 aliphatic heterocycles. The van der Waals surface area contributed by atoms with E-state index in [1.807, 2.05) is 42.5 Å². The van der Waals surface area contributed by atoms with Gasteiger partial charge in [-0.1, -0.05) is 54.6 Å².